The molecule has 2 saturated carbocycles. The second-order valence-corrected chi connectivity index (χ2v) is 19.6. The molecule has 3 heterocycles. The number of carbonyl (C=O) groups excluding carboxylic acids is 4. The molecule has 1 unspecified atom stereocenters. The van der Waals surface area contributed by atoms with Crippen LogP contribution in [0.25, 0.3) is 10.8 Å². The molecule has 14 nitrogen and oxygen atoms in total. The Kier molecular flexibility index (Phi) is 13.7. The summed E-state index contributed by atoms with van der Waals surface area (Å²) in [6.07, 6.45) is 7.95. The van der Waals surface area contributed by atoms with Gasteiger partial charge in [0.25, 0.3) is 5.91 Å². The molecular formula is C43H69N5O9S. The number of ether oxygens (including phenoxy) is 3. The molecule has 0 radical (unpaired) electrons. The Bertz CT molecular complexity index is 1990. The van der Waals surface area contributed by atoms with Crippen LogP contribution in [0.4, 0.5) is 4.79 Å². The fourth-order valence-corrected chi connectivity index (χ4v) is 9.06. The number of hydrogen-bond donors (Lipinski definition) is 3. The molecule has 2 aliphatic heterocycles. The van der Waals surface area contributed by atoms with Gasteiger partial charge in [-0.05, 0) is 90.5 Å². The van der Waals surface area contributed by atoms with E-state index in [1.165, 1.54) is 4.90 Å². The topological polar surface area (TPSA) is 182 Å². The number of benzene rings is 1. The molecule has 1 aromatic carbocycles. The highest BCUT2D eigenvalue weighted by atomic mass is 32.2. The van der Waals surface area contributed by atoms with Crippen LogP contribution in [-0.4, -0.2) is 89.3 Å². The van der Waals surface area contributed by atoms with Gasteiger partial charge in [-0.25, -0.2) is 18.2 Å². The number of sulfonamides is 1. The number of carbonyl (C=O) groups is 4. The van der Waals surface area contributed by atoms with E-state index < -0.39 is 73.8 Å². The number of amides is 4. The summed E-state index contributed by atoms with van der Waals surface area (Å²) in [5, 5.41) is 7.23. The molecule has 3 N–H and O–H groups in total. The molecule has 3 fully saturated rings. The third kappa shape index (κ3) is 10.1. The number of hydrogen-bond acceptors (Lipinski definition) is 10. The van der Waals surface area contributed by atoms with Crippen molar-refractivity contribution in [2.24, 2.45) is 17.8 Å². The smallest absolute Gasteiger partial charge is 0.408 e. The highest BCUT2D eigenvalue weighted by Crippen LogP contribution is 2.47. The summed E-state index contributed by atoms with van der Waals surface area (Å²) in [6, 6.07) is 5.35. The zero-order chi connectivity index (χ0) is 42.6. The molecule has 4 amide bonds. The molecule has 15 heteroatoms. The van der Waals surface area contributed by atoms with Crippen molar-refractivity contribution < 1.29 is 46.1 Å². The SMILES string of the molecule is CC.CCCOc1cnc(O[C@@H]2C[C@H]3C(=O)N[C@]4(C(=O)NS(=O)(=O)C5(C)CC5)C[C@H]4/C=C\CC[C@@H](C)C[C@@H](C)C(NC(=O)OC(C)(C)C)C(=O)N3C2)c2ccccc12.[HH].[HH].[HH]. The van der Waals surface area contributed by atoms with Crippen LogP contribution in [0.15, 0.2) is 42.6 Å². The van der Waals surface area contributed by atoms with E-state index in [1.807, 2.05) is 64.1 Å². The molecule has 4 aliphatic rings. The summed E-state index contributed by atoms with van der Waals surface area (Å²) >= 11 is 0. The number of rotatable bonds is 9. The Morgan fingerprint density at radius 2 is 1.78 bits per heavy atom. The minimum absolute atomic E-state index is 0. The summed E-state index contributed by atoms with van der Waals surface area (Å²) in [5.74, 6) is -1.64. The number of aromatic nitrogens is 1. The van der Waals surface area contributed by atoms with Crippen molar-refractivity contribution in [1.29, 1.82) is 0 Å². The lowest BCUT2D eigenvalue weighted by Crippen LogP contribution is -2.59. The van der Waals surface area contributed by atoms with Crippen LogP contribution in [0.5, 0.6) is 11.6 Å². The highest BCUT2D eigenvalue weighted by Gasteiger charge is 2.63. The van der Waals surface area contributed by atoms with E-state index in [-0.39, 0.29) is 35.5 Å². The lowest BCUT2D eigenvalue weighted by Gasteiger charge is -2.33. The summed E-state index contributed by atoms with van der Waals surface area (Å²) in [4.78, 5) is 62.5. The van der Waals surface area contributed by atoms with Crippen molar-refractivity contribution in [2.75, 3.05) is 13.2 Å². The Hall–Kier alpha value is -4.40. The number of nitrogens with one attached hydrogen (secondary N) is 3. The molecule has 6 rings (SSSR count). The van der Waals surface area contributed by atoms with Gasteiger partial charge in [0.2, 0.25) is 27.7 Å². The van der Waals surface area contributed by atoms with Crippen molar-refractivity contribution in [3.63, 3.8) is 0 Å². The molecule has 1 saturated heterocycles. The Morgan fingerprint density at radius 3 is 2.43 bits per heavy atom. The van der Waals surface area contributed by atoms with Crippen LogP contribution in [-0.2, 0) is 29.1 Å². The number of allylic oxidation sites excluding steroid dienone is 1. The van der Waals surface area contributed by atoms with E-state index in [0.717, 1.165) is 18.2 Å². The van der Waals surface area contributed by atoms with Gasteiger partial charge in [-0.1, -0.05) is 65.0 Å². The third-order valence-corrected chi connectivity index (χ3v) is 13.5. The predicted molar refractivity (Wildman–Crippen MR) is 228 cm³/mol. The van der Waals surface area contributed by atoms with Gasteiger partial charge in [-0.2, -0.15) is 0 Å². The van der Waals surface area contributed by atoms with Gasteiger partial charge in [-0.3, -0.25) is 19.1 Å². The van der Waals surface area contributed by atoms with Gasteiger partial charge in [0.1, 0.15) is 35.1 Å². The van der Waals surface area contributed by atoms with Crippen molar-refractivity contribution in [3.8, 4) is 11.6 Å². The Balaban J connectivity index is 0.00000252. The quantitative estimate of drug-likeness (QED) is 0.225. The summed E-state index contributed by atoms with van der Waals surface area (Å²) < 4.78 is 45.7. The molecular weight excluding hydrogens is 763 g/mol. The number of fused-ring (bicyclic) bond motifs is 3. The molecule has 326 valence electrons. The van der Waals surface area contributed by atoms with Crippen LogP contribution < -0.4 is 24.8 Å². The zero-order valence-electron chi connectivity index (χ0n) is 35.6. The summed E-state index contributed by atoms with van der Waals surface area (Å²) in [6.45, 7) is 17.3. The van der Waals surface area contributed by atoms with Crippen LogP contribution in [0.1, 0.15) is 118 Å². The van der Waals surface area contributed by atoms with E-state index in [2.05, 4.69) is 27.3 Å². The van der Waals surface area contributed by atoms with Crippen LogP contribution >= 0.6 is 0 Å². The molecule has 1 aromatic heterocycles. The molecule has 2 aliphatic carbocycles. The largest absolute Gasteiger partial charge is 0.491 e. The predicted octanol–water partition coefficient (Wildman–Crippen LogP) is 6.92. The second-order valence-electron chi connectivity index (χ2n) is 17.4. The van der Waals surface area contributed by atoms with E-state index in [9.17, 15) is 27.6 Å². The standard InChI is InChI=1S/C41H57N5O9S.C2H6.3H2/c1-8-19-53-32-23-42-35(30-16-12-11-15-29(30)32)54-28-21-31-34(47)44-41(37(49)45-56(51,52)40(7)17-18-40)22-27(41)14-10-9-13-25(2)20-26(3)33(36(48)46(31)24-28)43-38(50)55-39(4,5)6;1-2;;;/h10-12,14-16,23,25-28,31,33H,8-9,13,17-22,24H2,1-7H3,(H,43,50)(H,44,47)(H,45,49);1-2H3;3*1H/b14-10-;;;;/t25-,26-,27-,28-,31+,33?,41-;;;;/m1..../s1. The Labute approximate surface area is 348 Å². The van der Waals surface area contributed by atoms with Gasteiger partial charge < -0.3 is 29.7 Å². The zero-order valence-corrected chi connectivity index (χ0v) is 36.4. The molecule has 2 aromatic rings. The number of alkyl carbamates (subject to hydrolysis) is 1. The van der Waals surface area contributed by atoms with Gasteiger partial charge in [0.15, 0.2) is 0 Å². The van der Waals surface area contributed by atoms with Crippen LogP contribution in [0.2, 0.25) is 0 Å². The second kappa shape index (κ2) is 17.8. The van der Waals surface area contributed by atoms with Crippen molar-refractivity contribution in [3.05, 3.63) is 42.6 Å². The number of pyridine rings is 1. The van der Waals surface area contributed by atoms with E-state index in [4.69, 9.17) is 14.2 Å². The molecule has 7 atom stereocenters. The van der Waals surface area contributed by atoms with Crippen LogP contribution in [0, 0.1) is 17.8 Å². The average Bonchev–Trinajstić information content (AvgIpc) is 4.05. The first kappa shape index (κ1) is 44.7. The Morgan fingerprint density at radius 1 is 1.09 bits per heavy atom. The minimum atomic E-state index is -4.00. The molecule has 58 heavy (non-hydrogen) atoms. The third-order valence-electron chi connectivity index (χ3n) is 11.4. The maximum atomic E-state index is 14.8. The monoisotopic (exact) mass is 831 g/mol. The minimum Gasteiger partial charge on any atom is -0.491 e. The summed E-state index contributed by atoms with van der Waals surface area (Å²) in [5.41, 5.74) is -2.35. The number of nitrogens with zero attached hydrogens (tertiary/aromatic N) is 2. The van der Waals surface area contributed by atoms with E-state index in [0.29, 0.717) is 49.3 Å². The van der Waals surface area contributed by atoms with Gasteiger partial charge >= 0.3 is 6.09 Å². The first-order valence-corrected chi connectivity index (χ1v) is 22.4. The van der Waals surface area contributed by atoms with Gasteiger partial charge in [0, 0.05) is 27.4 Å². The van der Waals surface area contributed by atoms with Crippen molar-refractivity contribution in [1.82, 2.24) is 25.2 Å². The molecule has 0 bridgehead atoms. The van der Waals surface area contributed by atoms with E-state index in [1.54, 1.807) is 33.9 Å². The van der Waals surface area contributed by atoms with Gasteiger partial charge in [-0.15, -0.1) is 0 Å². The lowest BCUT2D eigenvalue weighted by atomic mass is 9.88. The maximum absolute atomic E-state index is 14.8. The first-order chi connectivity index (χ1) is 27.4. The van der Waals surface area contributed by atoms with E-state index >= 15 is 0 Å². The van der Waals surface area contributed by atoms with Crippen LogP contribution in [0.3, 0.4) is 0 Å². The fourth-order valence-electron chi connectivity index (χ4n) is 7.75. The van der Waals surface area contributed by atoms with Crippen molar-refractivity contribution >= 4 is 44.6 Å². The lowest BCUT2D eigenvalue weighted by molar-refractivity contribution is -0.142. The first-order valence-electron chi connectivity index (χ1n) is 20.9. The summed E-state index contributed by atoms with van der Waals surface area (Å²) in [7, 11) is -4.00. The van der Waals surface area contributed by atoms with Gasteiger partial charge in [0.05, 0.1) is 24.1 Å². The van der Waals surface area contributed by atoms with Crippen molar-refractivity contribution in [2.45, 2.75) is 148 Å². The average molecular weight is 832 g/mol. The highest BCUT2D eigenvalue weighted by molar-refractivity contribution is 7.91. The molecule has 0 spiro atoms. The maximum Gasteiger partial charge on any atom is 0.408 e. The normalized spacial score (nSPS) is 28.8. The fraction of sp³-hybridized carbons (Fsp3) is 0.651.